The van der Waals surface area contributed by atoms with Crippen molar-refractivity contribution < 1.29 is 14.6 Å². The van der Waals surface area contributed by atoms with Crippen molar-refractivity contribution in [1.82, 2.24) is 0 Å². The molecule has 1 aliphatic rings. The lowest BCUT2D eigenvalue weighted by Gasteiger charge is -2.33. The number of hydrogen-bond acceptors (Lipinski definition) is 3. The molecule has 0 bridgehead atoms. The van der Waals surface area contributed by atoms with Crippen molar-refractivity contribution >= 4 is 5.97 Å². The first-order chi connectivity index (χ1) is 13.2. The Balaban J connectivity index is 1.63. The molecule has 4 rings (SSSR count). The Labute approximate surface area is 159 Å². The second kappa shape index (κ2) is 7.77. The number of carbonyl (C=O) groups excluding carboxylic acids is 1. The molecule has 0 amide bonds. The smallest absolute Gasteiger partial charge is 0.315 e. The molecule has 1 saturated heterocycles. The summed E-state index contributed by atoms with van der Waals surface area (Å²) in [4.78, 5) is 11.4. The van der Waals surface area contributed by atoms with E-state index in [4.69, 9.17) is 4.74 Å². The van der Waals surface area contributed by atoms with Crippen molar-refractivity contribution in [3.63, 3.8) is 0 Å². The molecule has 0 unspecified atom stereocenters. The Morgan fingerprint density at radius 2 is 1.33 bits per heavy atom. The van der Waals surface area contributed by atoms with Crippen LogP contribution < -0.4 is 0 Å². The molecule has 1 fully saturated rings. The number of aryl methyl sites for hydroxylation is 1. The quantitative estimate of drug-likeness (QED) is 0.661. The maximum absolute atomic E-state index is 11.4. The Morgan fingerprint density at radius 1 is 0.778 bits per heavy atom. The van der Waals surface area contributed by atoms with E-state index >= 15 is 0 Å². The van der Waals surface area contributed by atoms with Gasteiger partial charge < -0.3 is 9.84 Å². The lowest BCUT2D eigenvalue weighted by molar-refractivity contribution is -0.188. The van der Waals surface area contributed by atoms with Crippen LogP contribution in [0.5, 0.6) is 0 Å². The van der Waals surface area contributed by atoms with Gasteiger partial charge in [-0.25, -0.2) is 0 Å². The molecule has 1 N–H and O–H groups in total. The van der Waals surface area contributed by atoms with E-state index < -0.39 is 0 Å². The number of cyclic esters (lactones) is 1. The summed E-state index contributed by atoms with van der Waals surface area (Å²) in [7, 11) is 0. The van der Waals surface area contributed by atoms with Gasteiger partial charge >= 0.3 is 5.97 Å². The summed E-state index contributed by atoms with van der Waals surface area (Å²) >= 11 is 0. The molecule has 0 saturated carbocycles. The van der Waals surface area contributed by atoms with E-state index in [0.717, 1.165) is 12.8 Å². The summed E-state index contributed by atoms with van der Waals surface area (Å²) in [6, 6.07) is 27.3. The summed E-state index contributed by atoms with van der Waals surface area (Å²) in [6.45, 7) is -0.136. The molecule has 27 heavy (non-hydrogen) atoms. The maximum atomic E-state index is 11.4. The lowest BCUT2D eigenvalue weighted by atomic mass is 9.90. The van der Waals surface area contributed by atoms with Crippen LogP contribution in [0.25, 0.3) is 22.3 Å². The van der Waals surface area contributed by atoms with Gasteiger partial charge in [0.1, 0.15) is 12.0 Å². The Morgan fingerprint density at radius 3 is 1.81 bits per heavy atom. The molecular weight excluding hydrogens is 336 g/mol. The van der Waals surface area contributed by atoms with Gasteiger partial charge in [0.2, 0.25) is 0 Å². The minimum Gasteiger partial charge on any atom is -0.461 e. The van der Waals surface area contributed by atoms with Crippen LogP contribution >= 0.6 is 0 Å². The van der Waals surface area contributed by atoms with Gasteiger partial charge in [0.05, 0.1) is 6.61 Å². The third-order valence-electron chi connectivity index (χ3n) is 5.14. The zero-order valence-corrected chi connectivity index (χ0v) is 15.0. The number of aliphatic hydroxyl groups excluding tert-OH is 1. The molecule has 3 aromatic rings. The van der Waals surface area contributed by atoms with Crippen LogP contribution in [0.4, 0.5) is 0 Å². The first-order valence-corrected chi connectivity index (χ1v) is 9.31. The fourth-order valence-corrected chi connectivity index (χ4v) is 3.59. The highest BCUT2D eigenvalue weighted by atomic mass is 16.6. The van der Waals surface area contributed by atoms with Gasteiger partial charge in [-0.1, -0.05) is 72.8 Å². The van der Waals surface area contributed by atoms with Crippen LogP contribution in [0.1, 0.15) is 12.0 Å². The van der Waals surface area contributed by atoms with Crippen LogP contribution in [0.3, 0.4) is 0 Å². The van der Waals surface area contributed by atoms with Gasteiger partial charge in [0.25, 0.3) is 0 Å². The van der Waals surface area contributed by atoms with E-state index in [9.17, 15) is 9.90 Å². The lowest BCUT2D eigenvalue weighted by Crippen LogP contribution is -2.47. The Kier molecular flexibility index (Phi) is 5.03. The van der Waals surface area contributed by atoms with Crippen molar-refractivity contribution in [2.45, 2.75) is 18.9 Å². The van der Waals surface area contributed by atoms with Gasteiger partial charge in [0, 0.05) is 0 Å². The van der Waals surface area contributed by atoms with Gasteiger partial charge in [-0.2, -0.15) is 0 Å². The van der Waals surface area contributed by atoms with Gasteiger partial charge in [0.15, 0.2) is 0 Å². The number of esters is 1. The van der Waals surface area contributed by atoms with Gasteiger partial charge in [-0.05, 0) is 46.7 Å². The third kappa shape index (κ3) is 3.79. The second-order valence-electron chi connectivity index (χ2n) is 6.95. The summed E-state index contributed by atoms with van der Waals surface area (Å²) < 4.78 is 5.20. The number of benzene rings is 3. The SMILES string of the molecule is O=C1O[C@H](CCc2cc(-c3ccccc3)cc(-c3ccccc3)c2)[C@H]1CO. The Bertz CT molecular complexity index is 861. The number of aliphatic hydroxyl groups is 1. The van der Waals surface area contributed by atoms with E-state index in [2.05, 4.69) is 42.5 Å². The molecule has 0 spiro atoms. The summed E-state index contributed by atoms with van der Waals surface area (Å²) in [5.41, 5.74) is 5.92. The zero-order chi connectivity index (χ0) is 18.6. The fraction of sp³-hybridized carbons (Fsp3) is 0.208. The average Bonchev–Trinajstić information content (AvgIpc) is 2.72. The van der Waals surface area contributed by atoms with Crippen molar-refractivity contribution in [3.05, 3.63) is 84.4 Å². The number of ether oxygens (including phenoxy) is 1. The highest BCUT2D eigenvalue weighted by molar-refractivity contribution is 5.78. The van der Waals surface area contributed by atoms with Crippen LogP contribution in [-0.2, 0) is 16.0 Å². The fourth-order valence-electron chi connectivity index (χ4n) is 3.59. The van der Waals surface area contributed by atoms with Crippen molar-refractivity contribution in [3.8, 4) is 22.3 Å². The standard InChI is InChI=1S/C24H22O3/c25-16-22-23(27-24(22)26)12-11-17-13-20(18-7-3-1-4-8-18)15-21(14-17)19-9-5-2-6-10-19/h1-10,13-15,22-23,25H,11-12,16H2/t22-,23-/m1/s1. The second-order valence-corrected chi connectivity index (χ2v) is 6.95. The van der Waals surface area contributed by atoms with Crippen LogP contribution in [0.2, 0.25) is 0 Å². The number of carbonyl (C=O) groups is 1. The molecule has 136 valence electrons. The van der Waals surface area contributed by atoms with E-state index in [-0.39, 0.29) is 24.6 Å². The highest BCUT2D eigenvalue weighted by Crippen LogP contribution is 2.31. The van der Waals surface area contributed by atoms with Crippen molar-refractivity contribution in [2.24, 2.45) is 5.92 Å². The predicted molar refractivity (Wildman–Crippen MR) is 106 cm³/mol. The molecule has 1 heterocycles. The van der Waals surface area contributed by atoms with Gasteiger partial charge in [-0.15, -0.1) is 0 Å². The van der Waals surface area contributed by atoms with Crippen LogP contribution in [-0.4, -0.2) is 23.8 Å². The van der Waals surface area contributed by atoms with E-state index in [1.807, 2.05) is 36.4 Å². The number of hydrogen-bond donors (Lipinski definition) is 1. The van der Waals surface area contributed by atoms with Gasteiger partial charge in [-0.3, -0.25) is 4.79 Å². The number of rotatable bonds is 6. The summed E-state index contributed by atoms with van der Waals surface area (Å²) in [5, 5.41) is 9.31. The Hall–Kier alpha value is -2.91. The molecule has 3 nitrogen and oxygen atoms in total. The molecule has 0 aromatic heterocycles. The average molecular weight is 358 g/mol. The summed E-state index contributed by atoms with van der Waals surface area (Å²) in [6.07, 6.45) is 1.35. The largest absolute Gasteiger partial charge is 0.461 e. The van der Waals surface area contributed by atoms with E-state index in [1.165, 1.54) is 27.8 Å². The highest BCUT2D eigenvalue weighted by Gasteiger charge is 2.41. The molecule has 0 radical (unpaired) electrons. The molecule has 3 heteroatoms. The van der Waals surface area contributed by atoms with Crippen molar-refractivity contribution in [1.29, 1.82) is 0 Å². The normalized spacial score (nSPS) is 18.6. The predicted octanol–water partition coefficient (Wildman–Crippen LogP) is 4.49. The monoisotopic (exact) mass is 358 g/mol. The van der Waals surface area contributed by atoms with Crippen molar-refractivity contribution in [2.75, 3.05) is 6.61 Å². The van der Waals surface area contributed by atoms with Crippen LogP contribution in [0, 0.1) is 5.92 Å². The van der Waals surface area contributed by atoms with E-state index in [0.29, 0.717) is 0 Å². The van der Waals surface area contributed by atoms with Crippen LogP contribution in [0.15, 0.2) is 78.9 Å². The first kappa shape index (κ1) is 17.5. The third-order valence-corrected chi connectivity index (χ3v) is 5.14. The minimum atomic E-state index is -0.365. The molecular formula is C24H22O3. The summed E-state index contributed by atoms with van der Waals surface area (Å²) in [5.74, 6) is -0.651. The molecule has 3 aromatic carbocycles. The minimum absolute atomic E-state index is 0.136. The molecule has 1 aliphatic heterocycles. The first-order valence-electron chi connectivity index (χ1n) is 9.31. The van der Waals surface area contributed by atoms with E-state index in [1.54, 1.807) is 0 Å². The topological polar surface area (TPSA) is 46.5 Å². The maximum Gasteiger partial charge on any atom is 0.315 e. The zero-order valence-electron chi connectivity index (χ0n) is 15.0. The molecule has 2 atom stereocenters. The molecule has 0 aliphatic carbocycles.